The summed E-state index contributed by atoms with van der Waals surface area (Å²) in [4.78, 5) is 9.97. The monoisotopic (exact) mass is 141 g/mol. The van der Waals surface area contributed by atoms with Gasteiger partial charge in [0.2, 0.25) is 6.41 Å². The molecule has 2 heteroatoms. The second-order valence-corrected chi connectivity index (χ2v) is 3.46. The number of carbonyl (C=O) groups is 1. The minimum Gasteiger partial charge on any atom is -0.356 e. The average molecular weight is 141 g/mol. The van der Waals surface area contributed by atoms with Gasteiger partial charge in [0.15, 0.2) is 0 Å². The van der Waals surface area contributed by atoms with Crippen LogP contribution in [0, 0.1) is 11.8 Å². The second kappa shape index (κ2) is 3.04. The van der Waals surface area contributed by atoms with Crippen molar-refractivity contribution in [1.82, 2.24) is 5.32 Å². The van der Waals surface area contributed by atoms with Crippen LogP contribution in [0.3, 0.4) is 0 Å². The van der Waals surface area contributed by atoms with Crippen LogP contribution in [0.4, 0.5) is 0 Å². The summed E-state index contributed by atoms with van der Waals surface area (Å²) in [6.07, 6.45) is 3.16. The summed E-state index contributed by atoms with van der Waals surface area (Å²) in [7, 11) is 0. The molecule has 0 bridgehead atoms. The summed E-state index contributed by atoms with van der Waals surface area (Å²) < 4.78 is 0. The minimum absolute atomic E-state index is 0.477. The first kappa shape index (κ1) is 7.58. The Labute approximate surface area is 62.0 Å². The normalized spacial score (nSPS) is 31.5. The van der Waals surface area contributed by atoms with E-state index in [1.165, 1.54) is 12.8 Å². The van der Waals surface area contributed by atoms with Crippen LogP contribution >= 0.6 is 0 Å². The van der Waals surface area contributed by atoms with E-state index >= 15 is 0 Å². The summed E-state index contributed by atoms with van der Waals surface area (Å²) in [5.74, 6) is 1.63. The minimum atomic E-state index is 0.477. The van der Waals surface area contributed by atoms with Crippen LogP contribution in [-0.2, 0) is 4.79 Å². The van der Waals surface area contributed by atoms with E-state index in [1.54, 1.807) is 0 Å². The van der Waals surface area contributed by atoms with Gasteiger partial charge in [0.1, 0.15) is 0 Å². The van der Waals surface area contributed by atoms with Crippen molar-refractivity contribution in [2.75, 3.05) is 0 Å². The highest BCUT2D eigenvalue weighted by Crippen LogP contribution is 2.32. The van der Waals surface area contributed by atoms with Crippen molar-refractivity contribution >= 4 is 6.41 Å². The highest BCUT2D eigenvalue weighted by Gasteiger charge is 2.30. The van der Waals surface area contributed by atoms with E-state index in [9.17, 15) is 4.79 Å². The molecule has 0 heterocycles. The van der Waals surface area contributed by atoms with E-state index in [4.69, 9.17) is 0 Å². The smallest absolute Gasteiger partial charge is 0.207 e. The van der Waals surface area contributed by atoms with Gasteiger partial charge in [0.25, 0.3) is 0 Å². The van der Waals surface area contributed by atoms with Crippen molar-refractivity contribution in [1.29, 1.82) is 0 Å². The fourth-order valence-corrected chi connectivity index (χ4v) is 1.44. The lowest BCUT2D eigenvalue weighted by Crippen LogP contribution is -2.42. The van der Waals surface area contributed by atoms with Crippen LogP contribution < -0.4 is 5.32 Å². The number of amides is 1. The van der Waals surface area contributed by atoms with Crippen molar-refractivity contribution in [3.05, 3.63) is 0 Å². The molecule has 1 aliphatic rings. The van der Waals surface area contributed by atoms with Crippen LogP contribution in [0.2, 0.25) is 0 Å². The predicted octanol–water partition coefficient (Wildman–Crippen LogP) is 1.17. The SMILES string of the molecule is CC(C)C1CC(NC=O)C1. The molecule has 0 radical (unpaired) electrons. The number of hydrogen-bond donors (Lipinski definition) is 1. The Hall–Kier alpha value is -0.530. The highest BCUT2D eigenvalue weighted by molar-refractivity contribution is 5.46. The third-order valence-electron chi connectivity index (χ3n) is 2.42. The van der Waals surface area contributed by atoms with E-state index in [1.807, 2.05) is 0 Å². The maximum Gasteiger partial charge on any atom is 0.207 e. The lowest BCUT2D eigenvalue weighted by atomic mass is 9.74. The Bertz CT molecular complexity index is 116. The van der Waals surface area contributed by atoms with Crippen LogP contribution in [0.1, 0.15) is 26.7 Å². The molecule has 58 valence electrons. The molecule has 2 nitrogen and oxygen atoms in total. The van der Waals surface area contributed by atoms with Crippen LogP contribution in [-0.4, -0.2) is 12.5 Å². The van der Waals surface area contributed by atoms with E-state index in [2.05, 4.69) is 19.2 Å². The zero-order chi connectivity index (χ0) is 7.56. The van der Waals surface area contributed by atoms with E-state index in [0.717, 1.165) is 18.2 Å². The molecular formula is C8H15NO. The van der Waals surface area contributed by atoms with E-state index in [0.29, 0.717) is 6.04 Å². The molecule has 0 aromatic rings. The van der Waals surface area contributed by atoms with Gasteiger partial charge in [-0.2, -0.15) is 0 Å². The molecule has 0 aromatic heterocycles. The van der Waals surface area contributed by atoms with Crippen LogP contribution in [0.15, 0.2) is 0 Å². The fraction of sp³-hybridized carbons (Fsp3) is 0.875. The van der Waals surface area contributed by atoms with Gasteiger partial charge in [-0.25, -0.2) is 0 Å². The summed E-state index contributed by atoms with van der Waals surface area (Å²) in [6, 6.07) is 0.477. The maximum absolute atomic E-state index is 9.97. The molecule has 1 rings (SSSR count). The Kier molecular flexibility index (Phi) is 2.30. The maximum atomic E-state index is 9.97. The molecular weight excluding hydrogens is 126 g/mol. The molecule has 0 saturated heterocycles. The van der Waals surface area contributed by atoms with Gasteiger partial charge in [0, 0.05) is 6.04 Å². The summed E-state index contributed by atoms with van der Waals surface area (Å²) >= 11 is 0. The molecule has 0 atom stereocenters. The lowest BCUT2D eigenvalue weighted by Gasteiger charge is -2.37. The predicted molar refractivity (Wildman–Crippen MR) is 40.5 cm³/mol. The molecule has 1 amide bonds. The fourth-order valence-electron chi connectivity index (χ4n) is 1.44. The molecule has 1 saturated carbocycles. The summed E-state index contributed by atoms with van der Waals surface area (Å²) in [5, 5.41) is 2.79. The van der Waals surface area contributed by atoms with Crippen molar-refractivity contribution in [2.24, 2.45) is 11.8 Å². The quantitative estimate of drug-likeness (QED) is 0.587. The first-order valence-electron chi connectivity index (χ1n) is 3.93. The number of carbonyl (C=O) groups excluding carboxylic acids is 1. The van der Waals surface area contributed by atoms with Crippen molar-refractivity contribution < 1.29 is 4.79 Å². The topological polar surface area (TPSA) is 29.1 Å². The molecule has 1 aliphatic carbocycles. The number of hydrogen-bond acceptors (Lipinski definition) is 1. The first-order valence-corrected chi connectivity index (χ1v) is 3.93. The second-order valence-electron chi connectivity index (χ2n) is 3.46. The van der Waals surface area contributed by atoms with E-state index in [-0.39, 0.29) is 0 Å². The summed E-state index contributed by atoms with van der Waals surface area (Å²) in [6.45, 7) is 4.48. The van der Waals surface area contributed by atoms with Gasteiger partial charge in [-0.15, -0.1) is 0 Å². The zero-order valence-corrected chi connectivity index (χ0v) is 6.63. The number of rotatable bonds is 3. The van der Waals surface area contributed by atoms with Gasteiger partial charge in [0.05, 0.1) is 0 Å². The largest absolute Gasteiger partial charge is 0.356 e. The Balaban J connectivity index is 2.11. The van der Waals surface area contributed by atoms with E-state index < -0.39 is 0 Å². The molecule has 0 aromatic carbocycles. The Morgan fingerprint density at radius 2 is 2.10 bits per heavy atom. The van der Waals surface area contributed by atoms with Crippen molar-refractivity contribution in [3.8, 4) is 0 Å². The van der Waals surface area contributed by atoms with Crippen LogP contribution in [0.25, 0.3) is 0 Å². The van der Waals surface area contributed by atoms with Crippen molar-refractivity contribution in [2.45, 2.75) is 32.7 Å². The zero-order valence-electron chi connectivity index (χ0n) is 6.63. The van der Waals surface area contributed by atoms with Gasteiger partial charge in [-0.1, -0.05) is 13.8 Å². The molecule has 10 heavy (non-hydrogen) atoms. The molecule has 1 N–H and O–H groups in total. The lowest BCUT2D eigenvalue weighted by molar-refractivity contribution is -0.111. The molecule has 0 unspecified atom stereocenters. The summed E-state index contributed by atoms with van der Waals surface area (Å²) in [5.41, 5.74) is 0. The third-order valence-corrected chi connectivity index (χ3v) is 2.42. The van der Waals surface area contributed by atoms with Gasteiger partial charge in [-0.05, 0) is 24.7 Å². The Morgan fingerprint density at radius 1 is 1.50 bits per heavy atom. The van der Waals surface area contributed by atoms with Crippen LogP contribution in [0.5, 0.6) is 0 Å². The molecule has 0 aliphatic heterocycles. The Morgan fingerprint density at radius 3 is 2.50 bits per heavy atom. The standard InChI is InChI=1S/C8H15NO/c1-6(2)7-3-8(4-7)9-5-10/h5-8H,3-4H2,1-2H3,(H,9,10). The van der Waals surface area contributed by atoms with Gasteiger partial charge < -0.3 is 5.32 Å². The first-order chi connectivity index (χ1) is 4.74. The molecule has 1 fully saturated rings. The highest BCUT2D eigenvalue weighted by atomic mass is 16.1. The van der Waals surface area contributed by atoms with Crippen molar-refractivity contribution in [3.63, 3.8) is 0 Å². The molecule has 0 spiro atoms. The number of nitrogens with one attached hydrogen (secondary N) is 1. The average Bonchev–Trinajstić information content (AvgIpc) is 1.76. The third kappa shape index (κ3) is 1.49. The van der Waals surface area contributed by atoms with Gasteiger partial charge >= 0.3 is 0 Å². The van der Waals surface area contributed by atoms with Gasteiger partial charge in [-0.3, -0.25) is 4.79 Å².